The molecule has 7 heteroatoms. The number of nitrogens with one attached hydrogen (secondary N) is 1. The minimum absolute atomic E-state index is 0.396. The molecule has 0 saturated carbocycles. The first-order valence-electron chi connectivity index (χ1n) is 7.31. The first kappa shape index (κ1) is 14.3. The summed E-state index contributed by atoms with van der Waals surface area (Å²) in [5.74, 6) is 1.59. The molecule has 3 rings (SSSR count). The average molecular weight is 304 g/mol. The molecule has 1 fully saturated rings. The molecule has 1 saturated heterocycles. The predicted molar refractivity (Wildman–Crippen MR) is 83.9 cm³/mol. The lowest BCUT2D eigenvalue weighted by Gasteiger charge is -2.19. The summed E-state index contributed by atoms with van der Waals surface area (Å²) in [6, 6.07) is 2.43. The van der Waals surface area contributed by atoms with Gasteiger partial charge in [0.25, 0.3) is 0 Å². The number of hydrogen-bond donors (Lipinski definition) is 1. The van der Waals surface area contributed by atoms with Gasteiger partial charge in [-0.2, -0.15) is 0 Å². The van der Waals surface area contributed by atoms with Crippen LogP contribution in [0.4, 0.5) is 10.9 Å². The lowest BCUT2D eigenvalue weighted by molar-refractivity contribution is 0.311. The van der Waals surface area contributed by atoms with Gasteiger partial charge in [-0.05, 0) is 39.8 Å². The van der Waals surface area contributed by atoms with Gasteiger partial charge in [0.05, 0.1) is 11.7 Å². The van der Waals surface area contributed by atoms with Crippen LogP contribution in [0.5, 0.6) is 0 Å². The van der Waals surface area contributed by atoms with Crippen LogP contribution in [0.2, 0.25) is 0 Å². The second kappa shape index (κ2) is 6.03. The Morgan fingerprint density at radius 3 is 2.90 bits per heavy atom. The first-order chi connectivity index (χ1) is 10.2. The van der Waals surface area contributed by atoms with Crippen LogP contribution in [0, 0.1) is 6.92 Å². The molecule has 0 bridgehead atoms. The van der Waals surface area contributed by atoms with Crippen molar-refractivity contribution in [3.8, 4) is 0 Å². The van der Waals surface area contributed by atoms with Gasteiger partial charge in [-0.3, -0.25) is 4.90 Å². The summed E-state index contributed by atoms with van der Waals surface area (Å²) in [5.41, 5.74) is 1.09. The van der Waals surface area contributed by atoms with Gasteiger partial charge < -0.3 is 5.32 Å². The van der Waals surface area contributed by atoms with Gasteiger partial charge in [0.15, 0.2) is 0 Å². The zero-order chi connectivity index (χ0) is 14.8. The molecule has 3 heterocycles. The highest BCUT2D eigenvalue weighted by Crippen LogP contribution is 2.30. The highest BCUT2D eigenvalue weighted by Gasteiger charge is 2.24. The highest BCUT2D eigenvalue weighted by molar-refractivity contribution is 7.15. The molecule has 2 aromatic heterocycles. The first-order valence-corrected chi connectivity index (χ1v) is 8.12. The standard InChI is InChI=1S/C14H20N6S/c1-4-13-18-19-14(21-13)17-12-8-10(15-9(2)16-12)11-6-5-7-20(11)3/h8,11H,4-7H2,1-3H3,(H,15,16,17,19)/t11-/m0/s1. The van der Waals surface area contributed by atoms with Crippen LogP contribution in [0.3, 0.4) is 0 Å². The van der Waals surface area contributed by atoms with E-state index in [0.29, 0.717) is 6.04 Å². The Hall–Kier alpha value is -1.60. The van der Waals surface area contributed by atoms with Crippen LogP contribution in [0.15, 0.2) is 6.07 Å². The van der Waals surface area contributed by atoms with Crippen molar-refractivity contribution in [2.24, 2.45) is 0 Å². The van der Waals surface area contributed by atoms with E-state index >= 15 is 0 Å². The fourth-order valence-electron chi connectivity index (χ4n) is 2.67. The second-order valence-corrected chi connectivity index (χ2v) is 6.41. The Bertz CT molecular complexity index is 626. The summed E-state index contributed by atoms with van der Waals surface area (Å²) in [4.78, 5) is 11.4. The lowest BCUT2D eigenvalue weighted by Crippen LogP contribution is -2.19. The molecule has 1 atom stereocenters. The van der Waals surface area contributed by atoms with Gasteiger partial charge in [0.2, 0.25) is 5.13 Å². The van der Waals surface area contributed by atoms with E-state index in [1.807, 2.05) is 13.0 Å². The molecule has 0 aliphatic carbocycles. The third-order valence-corrected chi connectivity index (χ3v) is 4.71. The largest absolute Gasteiger partial charge is 0.315 e. The summed E-state index contributed by atoms with van der Waals surface area (Å²) in [5, 5.41) is 13.3. The number of likely N-dealkylation sites (tertiary alicyclic amines) is 1. The van der Waals surface area contributed by atoms with Crippen molar-refractivity contribution in [1.82, 2.24) is 25.1 Å². The van der Waals surface area contributed by atoms with Crippen LogP contribution in [-0.2, 0) is 6.42 Å². The van der Waals surface area contributed by atoms with Crippen LogP contribution in [-0.4, -0.2) is 38.7 Å². The van der Waals surface area contributed by atoms with Gasteiger partial charge in [-0.1, -0.05) is 18.3 Å². The maximum atomic E-state index is 4.60. The minimum atomic E-state index is 0.396. The molecule has 112 valence electrons. The maximum absolute atomic E-state index is 4.60. The summed E-state index contributed by atoms with van der Waals surface area (Å²) >= 11 is 1.57. The van der Waals surface area contributed by atoms with E-state index in [0.717, 1.165) is 46.9 Å². The Labute approximate surface area is 128 Å². The fraction of sp³-hybridized carbons (Fsp3) is 0.571. The third kappa shape index (κ3) is 3.19. The van der Waals surface area contributed by atoms with E-state index < -0.39 is 0 Å². The monoisotopic (exact) mass is 304 g/mol. The van der Waals surface area contributed by atoms with E-state index in [4.69, 9.17) is 0 Å². The highest BCUT2D eigenvalue weighted by atomic mass is 32.1. The molecule has 1 aliphatic heterocycles. The molecule has 2 aromatic rings. The normalized spacial score (nSPS) is 19.1. The molecule has 6 nitrogen and oxygen atoms in total. The number of hydrogen-bond acceptors (Lipinski definition) is 7. The SMILES string of the molecule is CCc1nnc(Nc2cc([C@@H]3CCCN3C)nc(C)n2)s1. The van der Waals surface area contributed by atoms with Crippen LogP contribution in [0.25, 0.3) is 0 Å². The molecule has 0 aromatic carbocycles. The molecule has 0 radical (unpaired) electrons. The minimum Gasteiger partial charge on any atom is -0.315 e. The van der Waals surface area contributed by atoms with E-state index in [1.54, 1.807) is 11.3 Å². The van der Waals surface area contributed by atoms with E-state index in [-0.39, 0.29) is 0 Å². The van der Waals surface area contributed by atoms with Gasteiger partial charge in [0, 0.05) is 6.07 Å². The van der Waals surface area contributed by atoms with Crippen molar-refractivity contribution >= 4 is 22.3 Å². The average Bonchev–Trinajstić information content (AvgIpc) is 3.07. The van der Waals surface area contributed by atoms with Gasteiger partial charge in [-0.25, -0.2) is 9.97 Å². The topological polar surface area (TPSA) is 66.8 Å². The Kier molecular flexibility index (Phi) is 4.12. The number of anilines is 2. The molecule has 0 spiro atoms. The Balaban J connectivity index is 1.83. The van der Waals surface area contributed by atoms with Crippen molar-refractivity contribution in [1.29, 1.82) is 0 Å². The van der Waals surface area contributed by atoms with E-state index in [9.17, 15) is 0 Å². The molecule has 0 amide bonds. The van der Waals surface area contributed by atoms with Crippen LogP contribution in [0.1, 0.15) is 42.3 Å². The number of aromatic nitrogens is 4. The van der Waals surface area contributed by atoms with E-state index in [2.05, 4.69) is 44.4 Å². The number of rotatable bonds is 4. The van der Waals surface area contributed by atoms with Gasteiger partial charge in [0.1, 0.15) is 16.6 Å². The second-order valence-electron chi connectivity index (χ2n) is 5.34. The van der Waals surface area contributed by atoms with Gasteiger partial charge >= 0.3 is 0 Å². The van der Waals surface area contributed by atoms with E-state index in [1.165, 1.54) is 6.42 Å². The Morgan fingerprint density at radius 2 is 2.24 bits per heavy atom. The Morgan fingerprint density at radius 1 is 1.38 bits per heavy atom. The zero-order valence-electron chi connectivity index (χ0n) is 12.6. The quantitative estimate of drug-likeness (QED) is 0.937. The molecule has 0 unspecified atom stereocenters. The smallest absolute Gasteiger partial charge is 0.211 e. The predicted octanol–water partition coefficient (Wildman–Crippen LogP) is 2.71. The summed E-state index contributed by atoms with van der Waals surface area (Å²) in [6.45, 7) is 5.14. The van der Waals surface area contributed by atoms with Crippen molar-refractivity contribution in [2.75, 3.05) is 18.9 Å². The molecule has 1 N–H and O–H groups in total. The van der Waals surface area contributed by atoms with Crippen molar-refractivity contribution < 1.29 is 0 Å². The third-order valence-electron chi connectivity index (χ3n) is 3.72. The zero-order valence-corrected chi connectivity index (χ0v) is 13.4. The number of nitrogens with zero attached hydrogens (tertiary/aromatic N) is 5. The van der Waals surface area contributed by atoms with Gasteiger partial charge in [-0.15, -0.1) is 10.2 Å². The fourth-order valence-corrected chi connectivity index (χ4v) is 3.35. The lowest BCUT2D eigenvalue weighted by atomic mass is 10.1. The maximum Gasteiger partial charge on any atom is 0.211 e. The van der Waals surface area contributed by atoms with Crippen molar-refractivity contribution in [3.63, 3.8) is 0 Å². The molecule has 1 aliphatic rings. The summed E-state index contributed by atoms with van der Waals surface area (Å²) in [7, 11) is 2.15. The number of aryl methyl sites for hydroxylation is 2. The molecular weight excluding hydrogens is 284 g/mol. The van der Waals surface area contributed by atoms with Crippen molar-refractivity contribution in [3.05, 3.63) is 22.6 Å². The van der Waals surface area contributed by atoms with Crippen molar-refractivity contribution in [2.45, 2.75) is 39.2 Å². The van der Waals surface area contributed by atoms with Crippen LogP contribution >= 0.6 is 11.3 Å². The van der Waals surface area contributed by atoms with Crippen LogP contribution < -0.4 is 5.32 Å². The molecule has 21 heavy (non-hydrogen) atoms. The summed E-state index contributed by atoms with van der Waals surface area (Å²) < 4.78 is 0. The summed E-state index contributed by atoms with van der Waals surface area (Å²) in [6.07, 6.45) is 3.29. The molecular formula is C14H20N6S.